The van der Waals surface area contributed by atoms with E-state index in [1.165, 1.54) is 11.1 Å². The van der Waals surface area contributed by atoms with Gasteiger partial charge >= 0.3 is 0 Å². The van der Waals surface area contributed by atoms with E-state index in [1.54, 1.807) is 11.3 Å². The predicted octanol–water partition coefficient (Wildman–Crippen LogP) is 29.2. The highest BCUT2D eigenvalue weighted by molar-refractivity contribution is 7.21. The van der Waals surface area contributed by atoms with Gasteiger partial charge in [0.2, 0.25) is 0 Å². The molecule has 0 saturated carbocycles. The first kappa shape index (κ1) is 69.7. The van der Waals surface area contributed by atoms with Gasteiger partial charge in [0.15, 0.2) is 0 Å². The maximum Gasteiger partial charge on any atom is 0.127 e. The van der Waals surface area contributed by atoms with Crippen LogP contribution in [0.5, 0.6) is 46.0 Å². The Hall–Kier alpha value is -13.7. The van der Waals surface area contributed by atoms with Crippen LogP contribution in [0.2, 0.25) is 0 Å². The van der Waals surface area contributed by atoms with Crippen molar-refractivity contribution >= 4 is 79.3 Å². The Bertz CT molecular complexity index is 6040. The summed E-state index contributed by atoms with van der Waals surface area (Å²) in [4.78, 5) is 14.5. The number of nitrogens with zero attached hydrogens (tertiary/aromatic N) is 2. The largest absolute Gasteiger partial charge is 0.457 e. The summed E-state index contributed by atoms with van der Waals surface area (Å²) in [5, 5.41) is 4.46. The smallest absolute Gasteiger partial charge is 0.127 e. The van der Waals surface area contributed by atoms with E-state index in [2.05, 4.69) is 272 Å². The summed E-state index contributed by atoms with van der Waals surface area (Å²) < 4.78 is 26.4. The highest BCUT2D eigenvalue weighted by atomic mass is 32.1. The first-order chi connectivity index (χ1) is 55.4. The predicted molar refractivity (Wildman–Crippen MR) is 470 cm³/mol. The molecular formula is C106H78N2O4S. The molecule has 0 radical (unpaired) electrons. The number of hydrogen-bond donors (Lipinski definition) is 0. The molecule has 2 aromatic heterocycles. The van der Waals surface area contributed by atoms with Crippen LogP contribution in [-0.4, -0.2) is 9.97 Å². The molecule has 0 amide bonds. The van der Waals surface area contributed by atoms with Crippen molar-refractivity contribution in [2.45, 2.75) is 50.4 Å². The van der Waals surface area contributed by atoms with Crippen LogP contribution in [0.15, 0.2) is 342 Å². The zero-order valence-electron chi connectivity index (χ0n) is 63.3. The molecular weight excluding hydrogens is 1400 g/mol. The molecule has 0 bridgehead atoms. The molecule has 0 saturated heterocycles. The van der Waals surface area contributed by atoms with Crippen molar-refractivity contribution in [1.82, 2.24) is 9.97 Å². The Morgan fingerprint density at radius 3 is 0.823 bits per heavy atom. The molecule has 7 heteroatoms. The molecule has 0 aliphatic heterocycles. The van der Waals surface area contributed by atoms with Crippen molar-refractivity contribution < 1.29 is 18.9 Å². The fraction of sp³-hybridized carbons (Fsp3) is 0.0755. The van der Waals surface area contributed by atoms with Crippen LogP contribution >= 0.6 is 11.3 Å². The number of thiophene rings is 1. The zero-order valence-corrected chi connectivity index (χ0v) is 64.1. The lowest BCUT2D eigenvalue weighted by Gasteiger charge is -2.34. The van der Waals surface area contributed by atoms with Crippen molar-refractivity contribution in [3.63, 3.8) is 0 Å². The first-order valence-corrected chi connectivity index (χ1v) is 39.4. The summed E-state index contributed by atoms with van der Waals surface area (Å²) in [5.74, 6) is 6.40. The first-order valence-electron chi connectivity index (χ1n) is 38.5. The third kappa shape index (κ3) is 11.8. The summed E-state index contributed by atoms with van der Waals surface area (Å²) in [5.41, 5.74) is 23.8. The molecule has 542 valence electrons. The van der Waals surface area contributed by atoms with Gasteiger partial charge in [-0.25, -0.2) is 9.97 Å². The summed E-state index contributed by atoms with van der Waals surface area (Å²) in [6.07, 6.45) is 7.37. The second-order valence-electron chi connectivity index (χ2n) is 29.9. The molecule has 2 aliphatic rings. The van der Waals surface area contributed by atoms with Gasteiger partial charge in [0.1, 0.15) is 57.0 Å². The lowest BCUT2D eigenvalue weighted by atomic mass is 9.67. The van der Waals surface area contributed by atoms with Gasteiger partial charge in [0.25, 0.3) is 0 Å². The maximum atomic E-state index is 6.61. The number of hydrogen-bond acceptors (Lipinski definition) is 7. The third-order valence-electron chi connectivity index (χ3n) is 22.9. The Morgan fingerprint density at radius 1 is 0.274 bits per heavy atom. The number of fused-ring (bicyclic) bond motifs is 13. The molecule has 0 fully saturated rings. The lowest BCUT2D eigenvalue weighted by molar-refractivity contribution is 0.481. The highest BCUT2D eigenvalue weighted by Gasteiger charge is 2.49. The van der Waals surface area contributed by atoms with E-state index < -0.39 is 10.8 Å². The van der Waals surface area contributed by atoms with Gasteiger partial charge < -0.3 is 18.9 Å². The highest BCUT2D eigenvalue weighted by Crippen LogP contribution is 2.63. The fourth-order valence-electron chi connectivity index (χ4n) is 17.3. The molecule has 2 heterocycles. The Morgan fingerprint density at radius 2 is 0.540 bits per heavy atom. The molecule has 0 unspecified atom stereocenters. The van der Waals surface area contributed by atoms with Crippen molar-refractivity contribution in [3.05, 3.63) is 420 Å². The summed E-state index contributed by atoms with van der Waals surface area (Å²) in [7, 11) is 0. The Kier molecular flexibility index (Phi) is 17.5. The van der Waals surface area contributed by atoms with E-state index in [9.17, 15) is 0 Å². The lowest BCUT2D eigenvalue weighted by Crippen LogP contribution is -2.28. The summed E-state index contributed by atoms with van der Waals surface area (Å²) in [6.45, 7) is 25.0. The van der Waals surface area contributed by atoms with Crippen LogP contribution in [0.25, 0.3) is 111 Å². The minimum Gasteiger partial charge on any atom is -0.457 e. The minimum absolute atomic E-state index is 0.270. The topological polar surface area (TPSA) is 62.7 Å². The number of benzene rings is 15. The monoisotopic (exact) mass is 1470 g/mol. The molecule has 6 nitrogen and oxygen atoms in total. The van der Waals surface area contributed by atoms with Crippen molar-refractivity contribution in [2.24, 2.45) is 0 Å². The van der Waals surface area contributed by atoms with Crippen LogP contribution in [0.3, 0.4) is 0 Å². The van der Waals surface area contributed by atoms with Gasteiger partial charge in [-0.15, -0.1) is 11.3 Å². The summed E-state index contributed by atoms with van der Waals surface area (Å²) in [6, 6.07) is 113. The van der Waals surface area contributed by atoms with E-state index in [0.717, 1.165) is 200 Å². The van der Waals surface area contributed by atoms with Crippen molar-refractivity contribution in [2.75, 3.05) is 0 Å². The van der Waals surface area contributed by atoms with E-state index in [4.69, 9.17) is 28.9 Å². The Balaban J connectivity index is 0.863. The molecule has 19 rings (SSSR count). The van der Waals surface area contributed by atoms with Gasteiger partial charge in [0, 0.05) is 21.9 Å². The van der Waals surface area contributed by atoms with Gasteiger partial charge in [0.05, 0.1) is 31.6 Å². The normalized spacial score (nSPS) is 12.9. The standard InChI is InChI=1S/C106H78N2O4S/c1-9-67-27-45-77(46-28-67)109-81-53-37-73(38-54-81)105(74-39-55-82(56-40-74)110-78-47-29-68(10-2)30-48-78)93-23-15-13-19-87(93)97-89(21-17-25-95(97)105)103-101-102(108-100-92-64-72(66(7)8)36-62-86(92)85-61-35-71(65(5)6)63-91(85)99(100)107-101)104(113-103)90-22-18-26-96-98(90)88-20-14-16-24-94(88)106(96,75-41-57-83(58-42-75)111-79-49-31-69(11-3)32-50-79)76-43-59-84(60-44-76)112-80-51-33-70(12-4)34-52-80/h9-66H,1-4H2,5-8H3. The third-order valence-corrected chi connectivity index (χ3v) is 24.2. The van der Waals surface area contributed by atoms with Crippen LogP contribution in [0.4, 0.5) is 0 Å². The zero-order chi connectivity index (χ0) is 76.6. The van der Waals surface area contributed by atoms with E-state index in [1.807, 2.05) is 121 Å². The molecule has 113 heavy (non-hydrogen) atoms. The second kappa shape index (κ2) is 28.3. The van der Waals surface area contributed by atoms with E-state index >= 15 is 0 Å². The molecule has 0 N–H and O–H groups in total. The number of aromatic nitrogens is 2. The van der Waals surface area contributed by atoms with Crippen LogP contribution in [0, 0.1) is 0 Å². The second-order valence-corrected chi connectivity index (χ2v) is 31.0. The summed E-state index contributed by atoms with van der Waals surface area (Å²) >= 11 is 1.79. The maximum absolute atomic E-state index is 6.61. The average Bonchev–Trinajstić information content (AvgIpc) is 1.55. The van der Waals surface area contributed by atoms with Crippen LogP contribution in [0.1, 0.15) is 117 Å². The molecule has 15 aromatic carbocycles. The van der Waals surface area contributed by atoms with Crippen molar-refractivity contribution in [3.8, 4) is 89.1 Å². The van der Waals surface area contributed by atoms with Crippen LogP contribution < -0.4 is 18.9 Å². The SMILES string of the molecule is C=Cc1ccc(Oc2ccc(C3(c4ccc(Oc5ccc(C=C)cc5)cc4)c4ccccc4-c4c(-c5sc(-c6cccc7c6-c6ccccc6C7(c6ccc(Oc7ccc(C=C)cc7)cc6)c6ccc(Oc7ccc(C=C)cc7)cc6)c6nc7c8cc(C(C)C)ccc8c8ccc(C(C)C)cc8c7nc56)cccc43)cc2)cc1. The van der Waals surface area contributed by atoms with Crippen LogP contribution in [-0.2, 0) is 10.8 Å². The van der Waals surface area contributed by atoms with Gasteiger partial charge in [-0.05, 0) is 232 Å². The molecule has 0 spiro atoms. The molecule has 2 aliphatic carbocycles. The van der Waals surface area contributed by atoms with Gasteiger partial charge in [-0.1, -0.05) is 285 Å². The van der Waals surface area contributed by atoms with E-state index in [0.29, 0.717) is 0 Å². The van der Waals surface area contributed by atoms with Gasteiger partial charge in [-0.2, -0.15) is 0 Å². The number of rotatable bonds is 20. The Labute approximate surface area is 662 Å². The van der Waals surface area contributed by atoms with E-state index in [-0.39, 0.29) is 11.8 Å². The van der Waals surface area contributed by atoms with Crippen molar-refractivity contribution in [1.29, 1.82) is 0 Å². The molecule has 17 aromatic rings. The molecule has 0 atom stereocenters. The quantitative estimate of drug-likeness (QED) is 0.0709. The average molecular weight is 1480 g/mol. The van der Waals surface area contributed by atoms with Gasteiger partial charge in [-0.3, -0.25) is 0 Å². The fourth-order valence-corrected chi connectivity index (χ4v) is 18.6. The number of ether oxygens (including phenoxy) is 4. The minimum atomic E-state index is -0.850.